The number of rotatable bonds is 4. The SMILES string of the molecule is N#Cc1nc(NCc2ccc(S(N)(=O)=O)cc2)ccc1Cl. The van der Waals surface area contributed by atoms with Gasteiger partial charge in [-0.2, -0.15) is 5.26 Å². The Morgan fingerprint density at radius 2 is 1.90 bits per heavy atom. The molecule has 0 amide bonds. The largest absolute Gasteiger partial charge is 0.366 e. The molecule has 6 nitrogen and oxygen atoms in total. The zero-order valence-corrected chi connectivity index (χ0v) is 12.3. The number of nitrogens with zero attached hydrogens (tertiary/aromatic N) is 2. The summed E-state index contributed by atoms with van der Waals surface area (Å²) in [7, 11) is -3.68. The van der Waals surface area contributed by atoms with Gasteiger partial charge in [-0.1, -0.05) is 23.7 Å². The first-order chi connectivity index (χ1) is 9.90. The topological polar surface area (TPSA) is 109 Å². The molecule has 0 fully saturated rings. The van der Waals surface area contributed by atoms with Gasteiger partial charge in [-0.3, -0.25) is 0 Å². The quantitative estimate of drug-likeness (QED) is 0.893. The standard InChI is InChI=1S/C13H11ClN4O2S/c14-11-5-6-13(18-12(11)7-15)17-8-9-1-3-10(4-2-9)21(16,19)20/h1-6H,8H2,(H,17,18)(H2,16,19,20). The molecular formula is C13H11ClN4O2S. The number of aromatic nitrogens is 1. The number of anilines is 1. The van der Waals surface area contributed by atoms with E-state index in [-0.39, 0.29) is 10.6 Å². The Bertz CT molecular complexity index is 798. The predicted octanol–water partition coefficient (Wildman–Crippen LogP) is 1.87. The van der Waals surface area contributed by atoms with Gasteiger partial charge in [0.2, 0.25) is 10.0 Å². The van der Waals surface area contributed by atoms with Crippen molar-refractivity contribution in [2.45, 2.75) is 11.4 Å². The lowest BCUT2D eigenvalue weighted by molar-refractivity contribution is 0.598. The van der Waals surface area contributed by atoms with E-state index >= 15 is 0 Å². The van der Waals surface area contributed by atoms with Crippen LogP contribution in [-0.2, 0) is 16.6 Å². The molecule has 3 N–H and O–H groups in total. The summed E-state index contributed by atoms with van der Waals surface area (Å²) in [6.45, 7) is 0.421. The molecule has 0 saturated heterocycles. The maximum absolute atomic E-state index is 11.1. The van der Waals surface area contributed by atoms with Crippen LogP contribution in [0.3, 0.4) is 0 Å². The normalized spacial score (nSPS) is 10.9. The van der Waals surface area contributed by atoms with Crippen LogP contribution in [0.1, 0.15) is 11.3 Å². The Morgan fingerprint density at radius 3 is 2.48 bits per heavy atom. The van der Waals surface area contributed by atoms with E-state index in [0.717, 1.165) is 5.56 Å². The van der Waals surface area contributed by atoms with Gasteiger partial charge >= 0.3 is 0 Å². The van der Waals surface area contributed by atoms with Crippen molar-refractivity contribution in [3.8, 4) is 6.07 Å². The van der Waals surface area contributed by atoms with Gasteiger partial charge in [-0.05, 0) is 29.8 Å². The van der Waals surface area contributed by atoms with Crippen LogP contribution in [0.5, 0.6) is 0 Å². The highest BCUT2D eigenvalue weighted by Gasteiger charge is 2.07. The van der Waals surface area contributed by atoms with E-state index in [0.29, 0.717) is 17.4 Å². The highest BCUT2D eigenvalue weighted by molar-refractivity contribution is 7.89. The van der Waals surface area contributed by atoms with Crippen molar-refractivity contribution in [2.75, 3.05) is 5.32 Å². The van der Waals surface area contributed by atoms with Gasteiger partial charge in [0, 0.05) is 6.54 Å². The smallest absolute Gasteiger partial charge is 0.238 e. The highest BCUT2D eigenvalue weighted by Crippen LogP contribution is 2.16. The summed E-state index contributed by atoms with van der Waals surface area (Å²) in [4.78, 5) is 4.10. The van der Waals surface area contributed by atoms with Crippen molar-refractivity contribution in [1.82, 2.24) is 4.98 Å². The number of nitrogens with two attached hydrogens (primary N) is 1. The molecule has 0 aliphatic carbocycles. The molecule has 108 valence electrons. The van der Waals surface area contributed by atoms with Gasteiger partial charge in [0.25, 0.3) is 0 Å². The van der Waals surface area contributed by atoms with Crippen LogP contribution < -0.4 is 10.5 Å². The number of hydrogen-bond donors (Lipinski definition) is 2. The second-order valence-corrected chi connectivity index (χ2v) is 6.15. The van der Waals surface area contributed by atoms with Crippen LogP contribution in [0.25, 0.3) is 0 Å². The molecule has 8 heteroatoms. The lowest BCUT2D eigenvalue weighted by atomic mass is 10.2. The molecule has 0 radical (unpaired) electrons. The van der Waals surface area contributed by atoms with E-state index in [4.69, 9.17) is 22.0 Å². The third-order valence-electron chi connectivity index (χ3n) is 2.68. The number of benzene rings is 1. The number of sulfonamides is 1. The van der Waals surface area contributed by atoms with Crippen LogP contribution in [0.2, 0.25) is 5.02 Å². The summed E-state index contributed by atoms with van der Waals surface area (Å²) < 4.78 is 22.3. The van der Waals surface area contributed by atoms with E-state index in [2.05, 4.69) is 10.3 Å². The number of pyridine rings is 1. The second-order valence-electron chi connectivity index (χ2n) is 4.18. The van der Waals surface area contributed by atoms with Crippen LogP contribution in [0.15, 0.2) is 41.3 Å². The fraction of sp³-hybridized carbons (Fsp3) is 0.0769. The first-order valence-corrected chi connectivity index (χ1v) is 7.75. The predicted molar refractivity (Wildman–Crippen MR) is 79.1 cm³/mol. The van der Waals surface area contributed by atoms with Crippen molar-refractivity contribution in [2.24, 2.45) is 5.14 Å². The summed E-state index contributed by atoms with van der Waals surface area (Å²) in [5.41, 5.74) is 0.990. The van der Waals surface area contributed by atoms with Crippen molar-refractivity contribution in [1.29, 1.82) is 5.26 Å². The lowest BCUT2D eigenvalue weighted by Crippen LogP contribution is -2.12. The van der Waals surface area contributed by atoms with Crippen LogP contribution >= 0.6 is 11.6 Å². The Hall–Kier alpha value is -2.14. The Labute approximate surface area is 127 Å². The van der Waals surface area contributed by atoms with E-state index in [9.17, 15) is 8.42 Å². The summed E-state index contributed by atoms with van der Waals surface area (Å²) in [5.74, 6) is 0.506. The maximum Gasteiger partial charge on any atom is 0.238 e. The molecule has 1 heterocycles. The molecule has 0 saturated carbocycles. The van der Waals surface area contributed by atoms with Crippen LogP contribution in [0, 0.1) is 11.3 Å². The number of nitrogens with one attached hydrogen (secondary N) is 1. The molecule has 1 aromatic carbocycles. The molecule has 0 spiro atoms. The Balaban J connectivity index is 2.09. The Morgan fingerprint density at radius 1 is 1.24 bits per heavy atom. The van der Waals surface area contributed by atoms with Crippen molar-refractivity contribution in [3.05, 3.63) is 52.7 Å². The minimum absolute atomic E-state index is 0.0580. The summed E-state index contributed by atoms with van der Waals surface area (Å²) in [5, 5.41) is 17.2. The van der Waals surface area contributed by atoms with Gasteiger partial charge in [0.05, 0.1) is 9.92 Å². The lowest BCUT2D eigenvalue weighted by Gasteiger charge is -2.07. The minimum atomic E-state index is -3.68. The summed E-state index contributed by atoms with van der Waals surface area (Å²) in [6, 6.07) is 11.3. The zero-order chi connectivity index (χ0) is 15.5. The molecular weight excluding hydrogens is 312 g/mol. The molecule has 0 aliphatic heterocycles. The first kappa shape index (κ1) is 15.3. The van der Waals surface area contributed by atoms with Gasteiger partial charge in [0.15, 0.2) is 5.69 Å². The molecule has 0 aliphatic rings. The van der Waals surface area contributed by atoms with Gasteiger partial charge < -0.3 is 5.32 Å². The first-order valence-electron chi connectivity index (χ1n) is 5.82. The van der Waals surface area contributed by atoms with Gasteiger partial charge in [-0.15, -0.1) is 0 Å². The average Bonchev–Trinajstić information content (AvgIpc) is 2.46. The van der Waals surface area contributed by atoms with Crippen molar-refractivity contribution in [3.63, 3.8) is 0 Å². The molecule has 0 bridgehead atoms. The maximum atomic E-state index is 11.1. The zero-order valence-electron chi connectivity index (χ0n) is 10.7. The number of hydrogen-bond acceptors (Lipinski definition) is 5. The van der Waals surface area contributed by atoms with Crippen molar-refractivity contribution < 1.29 is 8.42 Å². The molecule has 2 aromatic rings. The molecule has 21 heavy (non-hydrogen) atoms. The Kier molecular flexibility index (Phi) is 4.43. The molecule has 2 rings (SSSR count). The number of nitriles is 1. The van der Waals surface area contributed by atoms with Crippen LogP contribution in [0.4, 0.5) is 5.82 Å². The second kappa shape index (κ2) is 6.10. The van der Waals surface area contributed by atoms with E-state index in [1.807, 2.05) is 6.07 Å². The minimum Gasteiger partial charge on any atom is -0.366 e. The third-order valence-corrected chi connectivity index (χ3v) is 3.91. The fourth-order valence-corrected chi connectivity index (χ4v) is 2.27. The summed E-state index contributed by atoms with van der Waals surface area (Å²) in [6.07, 6.45) is 0. The van der Waals surface area contributed by atoms with E-state index in [1.165, 1.54) is 12.1 Å². The van der Waals surface area contributed by atoms with E-state index in [1.54, 1.807) is 24.3 Å². The number of primary sulfonamides is 1. The van der Waals surface area contributed by atoms with Crippen molar-refractivity contribution >= 4 is 27.4 Å². The molecule has 0 atom stereocenters. The number of halogens is 1. The van der Waals surface area contributed by atoms with Gasteiger partial charge in [-0.25, -0.2) is 18.5 Å². The molecule has 1 aromatic heterocycles. The van der Waals surface area contributed by atoms with E-state index < -0.39 is 10.0 Å². The van der Waals surface area contributed by atoms with Gasteiger partial charge in [0.1, 0.15) is 11.9 Å². The monoisotopic (exact) mass is 322 g/mol. The fourth-order valence-electron chi connectivity index (χ4n) is 1.61. The average molecular weight is 323 g/mol. The third kappa shape index (κ3) is 3.92. The summed E-state index contributed by atoms with van der Waals surface area (Å²) >= 11 is 5.79. The van der Waals surface area contributed by atoms with Crippen LogP contribution in [-0.4, -0.2) is 13.4 Å². The molecule has 0 unspecified atom stereocenters. The highest BCUT2D eigenvalue weighted by atomic mass is 35.5.